The molecule has 17 heavy (non-hydrogen) atoms. The number of hydrogen-bond donors (Lipinski definition) is 1. The molecule has 0 fully saturated rings. The Kier molecular flexibility index (Phi) is 4.42. The molecule has 1 aromatic carbocycles. The maximum atomic E-state index is 11.6. The average molecular weight is 252 g/mol. The number of benzene rings is 1. The Labute approximate surface area is 106 Å². The Hall–Kier alpha value is -1.66. The van der Waals surface area contributed by atoms with E-state index in [0.29, 0.717) is 11.3 Å². The third kappa shape index (κ3) is 2.54. The molecule has 0 aromatic heterocycles. The summed E-state index contributed by atoms with van der Waals surface area (Å²) < 4.78 is 4.66. The number of esters is 1. The molecule has 90 valence electrons. The number of aryl methyl sites for hydroxylation is 1. The number of methoxy groups -OCH3 is 1. The summed E-state index contributed by atoms with van der Waals surface area (Å²) in [5, 5.41) is 0.178. The van der Waals surface area contributed by atoms with Gasteiger partial charge in [-0.05, 0) is 18.1 Å². The summed E-state index contributed by atoms with van der Waals surface area (Å²) in [6.45, 7) is 2.02. The molecule has 0 aliphatic heterocycles. The van der Waals surface area contributed by atoms with Crippen molar-refractivity contribution in [3.63, 3.8) is 0 Å². The number of carbonyl (C=O) groups is 1. The van der Waals surface area contributed by atoms with Crippen molar-refractivity contribution in [2.75, 3.05) is 12.8 Å². The molecule has 0 aliphatic rings. The molecule has 4 heteroatoms. The Morgan fingerprint density at radius 3 is 2.76 bits per heavy atom. The van der Waals surface area contributed by atoms with Crippen molar-refractivity contribution in [3.8, 4) is 12.3 Å². The van der Waals surface area contributed by atoms with Gasteiger partial charge >= 0.3 is 5.97 Å². The van der Waals surface area contributed by atoms with E-state index in [1.807, 2.05) is 6.92 Å². The predicted molar refractivity (Wildman–Crippen MR) is 69.1 cm³/mol. The quantitative estimate of drug-likeness (QED) is 0.510. The number of terminal acetylenes is 1. The number of ether oxygens (including phenoxy) is 1. The van der Waals surface area contributed by atoms with Crippen LogP contribution in [0.2, 0.25) is 5.02 Å². The highest BCUT2D eigenvalue weighted by Gasteiger charge is 2.18. The van der Waals surface area contributed by atoms with Crippen LogP contribution in [0.25, 0.3) is 0 Å². The zero-order valence-electron chi connectivity index (χ0n) is 9.84. The number of nitrogen functional groups attached to an aromatic ring is 1. The second-order valence-corrected chi connectivity index (χ2v) is 3.95. The second-order valence-electron chi connectivity index (χ2n) is 3.57. The van der Waals surface area contributed by atoms with E-state index in [0.717, 1.165) is 18.4 Å². The molecule has 0 spiro atoms. The Balaban J connectivity index is 3.48. The topological polar surface area (TPSA) is 52.3 Å². The first kappa shape index (κ1) is 13.4. The van der Waals surface area contributed by atoms with E-state index in [-0.39, 0.29) is 10.6 Å². The van der Waals surface area contributed by atoms with E-state index in [1.165, 1.54) is 7.11 Å². The van der Waals surface area contributed by atoms with Crippen LogP contribution in [0.3, 0.4) is 0 Å². The molecule has 1 rings (SSSR count). The summed E-state index contributed by atoms with van der Waals surface area (Å²) in [5.41, 5.74) is 7.82. The lowest BCUT2D eigenvalue weighted by molar-refractivity contribution is 0.0601. The van der Waals surface area contributed by atoms with Gasteiger partial charge in [-0.25, -0.2) is 4.79 Å². The molecular formula is C13H14ClNO2. The number of hydrogen-bond acceptors (Lipinski definition) is 3. The van der Waals surface area contributed by atoms with Crippen molar-refractivity contribution in [2.24, 2.45) is 0 Å². The van der Waals surface area contributed by atoms with Crippen LogP contribution in [0.1, 0.15) is 34.8 Å². The second kappa shape index (κ2) is 5.60. The molecule has 0 saturated heterocycles. The monoisotopic (exact) mass is 251 g/mol. The van der Waals surface area contributed by atoms with Crippen molar-refractivity contribution >= 4 is 23.3 Å². The number of halogens is 1. The molecule has 2 N–H and O–H groups in total. The maximum Gasteiger partial charge on any atom is 0.339 e. The van der Waals surface area contributed by atoms with Crippen LogP contribution >= 0.6 is 11.6 Å². The number of carbonyl (C=O) groups excluding carboxylic acids is 1. The third-order valence-electron chi connectivity index (χ3n) is 2.46. The molecule has 3 nitrogen and oxygen atoms in total. The van der Waals surface area contributed by atoms with Gasteiger partial charge in [0.05, 0.1) is 28.9 Å². The highest BCUT2D eigenvalue weighted by molar-refractivity contribution is 6.35. The van der Waals surface area contributed by atoms with Crippen LogP contribution in [-0.4, -0.2) is 13.1 Å². The molecule has 0 atom stereocenters. The van der Waals surface area contributed by atoms with Crippen molar-refractivity contribution in [2.45, 2.75) is 19.8 Å². The average Bonchev–Trinajstić information content (AvgIpc) is 2.32. The Morgan fingerprint density at radius 2 is 2.29 bits per heavy atom. The fourth-order valence-corrected chi connectivity index (χ4v) is 1.89. The summed E-state index contributed by atoms with van der Waals surface area (Å²) in [5.74, 6) is 1.91. The van der Waals surface area contributed by atoms with Gasteiger partial charge in [-0.15, -0.1) is 6.42 Å². The maximum absolute atomic E-state index is 11.6. The van der Waals surface area contributed by atoms with Gasteiger partial charge in [0.2, 0.25) is 0 Å². The molecular weight excluding hydrogens is 238 g/mol. The molecule has 0 saturated carbocycles. The minimum absolute atomic E-state index is 0.178. The van der Waals surface area contributed by atoms with Crippen molar-refractivity contribution in [1.82, 2.24) is 0 Å². The first-order chi connectivity index (χ1) is 8.06. The SMILES string of the molecule is C#Cc1c(N)c(CCC)cc(C(=O)OC)c1Cl. The van der Waals surface area contributed by atoms with Gasteiger partial charge < -0.3 is 10.5 Å². The van der Waals surface area contributed by atoms with Crippen molar-refractivity contribution in [1.29, 1.82) is 0 Å². The lowest BCUT2D eigenvalue weighted by atomic mass is 9.99. The van der Waals surface area contributed by atoms with E-state index in [4.69, 9.17) is 23.8 Å². The molecule has 0 heterocycles. The highest BCUT2D eigenvalue weighted by Crippen LogP contribution is 2.30. The smallest absolute Gasteiger partial charge is 0.339 e. The first-order valence-corrected chi connectivity index (χ1v) is 5.60. The zero-order valence-corrected chi connectivity index (χ0v) is 10.6. The van der Waals surface area contributed by atoms with E-state index < -0.39 is 5.97 Å². The molecule has 0 unspecified atom stereocenters. The zero-order chi connectivity index (χ0) is 13.0. The normalized spacial score (nSPS) is 9.76. The number of nitrogens with two attached hydrogens (primary N) is 1. The lowest BCUT2D eigenvalue weighted by Crippen LogP contribution is -2.08. The minimum atomic E-state index is -0.510. The highest BCUT2D eigenvalue weighted by atomic mass is 35.5. The van der Waals surface area contributed by atoms with Gasteiger partial charge in [0.25, 0.3) is 0 Å². The van der Waals surface area contributed by atoms with E-state index in [9.17, 15) is 4.79 Å². The minimum Gasteiger partial charge on any atom is -0.465 e. The van der Waals surface area contributed by atoms with Crippen LogP contribution in [0, 0.1) is 12.3 Å². The Morgan fingerprint density at radius 1 is 1.65 bits per heavy atom. The molecule has 1 aromatic rings. The van der Waals surface area contributed by atoms with Gasteiger partial charge in [0, 0.05) is 0 Å². The molecule has 0 radical (unpaired) electrons. The van der Waals surface area contributed by atoms with E-state index in [1.54, 1.807) is 6.07 Å². The van der Waals surface area contributed by atoms with Crippen LogP contribution in [0.4, 0.5) is 5.69 Å². The van der Waals surface area contributed by atoms with Crippen molar-refractivity contribution in [3.05, 3.63) is 27.8 Å². The largest absolute Gasteiger partial charge is 0.465 e. The summed E-state index contributed by atoms with van der Waals surface area (Å²) in [6, 6.07) is 1.65. The van der Waals surface area contributed by atoms with Crippen LogP contribution in [0.15, 0.2) is 6.07 Å². The van der Waals surface area contributed by atoms with Gasteiger partial charge in [-0.2, -0.15) is 0 Å². The predicted octanol–water partition coefficient (Wildman–Crippen LogP) is 2.64. The van der Waals surface area contributed by atoms with Gasteiger partial charge in [0.15, 0.2) is 0 Å². The van der Waals surface area contributed by atoms with Crippen LogP contribution < -0.4 is 5.73 Å². The van der Waals surface area contributed by atoms with Crippen LogP contribution in [-0.2, 0) is 11.2 Å². The Bertz CT molecular complexity index is 489. The summed E-state index contributed by atoms with van der Waals surface area (Å²) in [7, 11) is 1.30. The first-order valence-electron chi connectivity index (χ1n) is 5.22. The van der Waals surface area contributed by atoms with E-state index in [2.05, 4.69) is 10.7 Å². The standard InChI is InChI=1S/C13H14ClNO2/c1-4-6-8-7-10(13(16)17-3)11(14)9(5-2)12(8)15/h2,7H,4,6,15H2,1,3H3. The summed E-state index contributed by atoms with van der Waals surface area (Å²) in [4.78, 5) is 11.6. The lowest BCUT2D eigenvalue weighted by Gasteiger charge is -2.12. The number of rotatable bonds is 3. The number of anilines is 1. The van der Waals surface area contributed by atoms with Gasteiger partial charge in [-0.3, -0.25) is 0 Å². The van der Waals surface area contributed by atoms with Gasteiger partial charge in [-0.1, -0.05) is 30.9 Å². The van der Waals surface area contributed by atoms with Crippen molar-refractivity contribution < 1.29 is 9.53 Å². The van der Waals surface area contributed by atoms with E-state index >= 15 is 0 Å². The molecule has 0 bridgehead atoms. The molecule has 0 aliphatic carbocycles. The summed E-state index contributed by atoms with van der Waals surface area (Å²) in [6.07, 6.45) is 7.00. The fraction of sp³-hybridized carbons (Fsp3) is 0.308. The summed E-state index contributed by atoms with van der Waals surface area (Å²) >= 11 is 6.04. The fourth-order valence-electron chi connectivity index (χ4n) is 1.60. The third-order valence-corrected chi connectivity index (χ3v) is 2.85. The molecule has 0 amide bonds. The van der Waals surface area contributed by atoms with Crippen LogP contribution in [0.5, 0.6) is 0 Å². The van der Waals surface area contributed by atoms with Gasteiger partial charge in [0.1, 0.15) is 0 Å².